The van der Waals surface area contributed by atoms with Gasteiger partial charge in [0.15, 0.2) is 5.82 Å². The Labute approximate surface area is 333 Å². The molecule has 0 fully saturated rings. The number of rotatable bonds is 7. The third-order valence-corrected chi connectivity index (χ3v) is 11.9. The summed E-state index contributed by atoms with van der Waals surface area (Å²) in [6.45, 7) is 0. The summed E-state index contributed by atoms with van der Waals surface area (Å²) < 4.78 is 8.98. The predicted octanol–water partition coefficient (Wildman–Crippen LogP) is 14.9. The van der Waals surface area contributed by atoms with Crippen molar-refractivity contribution in [1.82, 2.24) is 9.97 Å². The average molecular weight is 748 g/mol. The number of thiophene rings is 1. The molecule has 57 heavy (non-hydrogen) atoms. The summed E-state index contributed by atoms with van der Waals surface area (Å²) in [5.41, 5.74) is 13.4. The van der Waals surface area contributed by atoms with Crippen molar-refractivity contribution in [3.8, 4) is 44.9 Å². The lowest BCUT2D eigenvalue weighted by atomic mass is 10.0. The van der Waals surface area contributed by atoms with Crippen LogP contribution in [0.25, 0.3) is 87.1 Å². The molecule has 0 N–H and O–H groups in total. The quantitative estimate of drug-likeness (QED) is 0.163. The van der Waals surface area contributed by atoms with Crippen LogP contribution < -0.4 is 4.90 Å². The van der Waals surface area contributed by atoms with Gasteiger partial charge in [-0.05, 0) is 76.9 Å². The second-order valence-corrected chi connectivity index (χ2v) is 15.2. The summed E-state index contributed by atoms with van der Waals surface area (Å²) in [5, 5.41) is 3.24. The van der Waals surface area contributed by atoms with Gasteiger partial charge in [0, 0.05) is 38.0 Å². The number of nitrogens with zero attached hydrogens (tertiary/aromatic N) is 3. The number of hydrogen-bond acceptors (Lipinski definition) is 5. The van der Waals surface area contributed by atoms with Crippen molar-refractivity contribution in [1.29, 1.82) is 0 Å². The van der Waals surface area contributed by atoms with Crippen molar-refractivity contribution in [2.24, 2.45) is 0 Å². The van der Waals surface area contributed by atoms with Crippen molar-refractivity contribution >= 4 is 70.6 Å². The molecule has 3 heterocycles. The Morgan fingerprint density at radius 2 is 1.00 bits per heavy atom. The third-order valence-electron chi connectivity index (χ3n) is 10.7. The zero-order valence-electron chi connectivity index (χ0n) is 30.7. The van der Waals surface area contributed by atoms with E-state index in [0.717, 1.165) is 77.0 Å². The van der Waals surface area contributed by atoms with Crippen LogP contribution in [0.15, 0.2) is 205 Å². The molecule has 4 nitrogen and oxygen atoms in total. The molecule has 0 spiro atoms. The van der Waals surface area contributed by atoms with Crippen LogP contribution in [-0.4, -0.2) is 9.97 Å². The van der Waals surface area contributed by atoms with Crippen LogP contribution >= 0.6 is 11.3 Å². The lowest BCUT2D eigenvalue weighted by Crippen LogP contribution is -2.10. The van der Waals surface area contributed by atoms with Gasteiger partial charge in [-0.3, -0.25) is 0 Å². The van der Waals surface area contributed by atoms with Gasteiger partial charge in [-0.2, -0.15) is 0 Å². The van der Waals surface area contributed by atoms with Gasteiger partial charge in [-0.15, -0.1) is 11.3 Å². The Morgan fingerprint density at radius 3 is 1.72 bits per heavy atom. The normalized spacial score (nSPS) is 11.5. The largest absolute Gasteiger partial charge is 0.456 e. The van der Waals surface area contributed by atoms with E-state index in [1.807, 2.05) is 6.07 Å². The number of aromatic nitrogens is 2. The van der Waals surface area contributed by atoms with E-state index >= 15 is 0 Å². The van der Waals surface area contributed by atoms with Crippen LogP contribution in [0.2, 0.25) is 0 Å². The van der Waals surface area contributed by atoms with Gasteiger partial charge in [0.1, 0.15) is 11.2 Å². The number of furan rings is 1. The van der Waals surface area contributed by atoms with E-state index in [-0.39, 0.29) is 0 Å². The van der Waals surface area contributed by atoms with Crippen LogP contribution in [0.4, 0.5) is 17.1 Å². The predicted molar refractivity (Wildman–Crippen MR) is 239 cm³/mol. The van der Waals surface area contributed by atoms with Gasteiger partial charge in [0.25, 0.3) is 0 Å². The molecule has 268 valence electrons. The Morgan fingerprint density at radius 1 is 0.421 bits per heavy atom. The van der Waals surface area contributed by atoms with Crippen molar-refractivity contribution in [2.45, 2.75) is 0 Å². The third kappa shape index (κ3) is 5.84. The highest BCUT2D eigenvalue weighted by Crippen LogP contribution is 2.45. The Hall–Kier alpha value is -7.34. The minimum Gasteiger partial charge on any atom is -0.456 e. The van der Waals surface area contributed by atoms with Crippen molar-refractivity contribution in [3.05, 3.63) is 200 Å². The molecular weight excluding hydrogens is 715 g/mol. The fourth-order valence-electron chi connectivity index (χ4n) is 7.94. The average Bonchev–Trinajstić information content (AvgIpc) is 3.86. The second-order valence-electron chi connectivity index (χ2n) is 14.2. The molecule has 5 heteroatoms. The summed E-state index contributed by atoms with van der Waals surface area (Å²) in [6.07, 6.45) is 0. The zero-order valence-corrected chi connectivity index (χ0v) is 31.5. The Balaban J connectivity index is 1.05. The van der Waals surface area contributed by atoms with E-state index in [2.05, 4.69) is 199 Å². The van der Waals surface area contributed by atoms with E-state index in [1.54, 1.807) is 11.3 Å². The fraction of sp³-hybridized carbons (Fsp3) is 0. The van der Waals surface area contributed by atoms with Crippen molar-refractivity contribution < 1.29 is 4.42 Å². The van der Waals surface area contributed by atoms with Gasteiger partial charge >= 0.3 is 0 Å². The van der Waals surface area contributed by atoms with Crippen LogP contribution in [0, 0.1) is 0 Å². The fourth-order valence-corrected chi connectivity index (χ4v) is 9.09. The highest BCUT2D eigenvalue weighted by Gasteiger charge is 2.22. The van der Waals surface area contributed by atoms with Crippen LogP contribution in [0.5, 0.6) is 0 Å². The zero-order chi connectivity index (χ0) is 37.7. The number of benzene rings is 8. The SMILES string of the molecule is c1ccc(-c2ccc(-c3nc(-c4ccc5c(c4)oc4cccc(N(c6ccccc6)c6ccc(-c7ccccc7)cc6)c45)c4sc5ccccc5c4n3)cc2)cc1. The number of anilines is 3. The van der Waals surface area contributed by atoms with E-state index < -0.39 is 0 Å². The molecular formula is C52H33N3OS. The van der Waals surface area contributed by atoms with Gasteiger partial charge in [0.2, 0.25) is 0 Å². The minimum absolute atomic E-state index is 0.699. The standard InChI is InChI=1S/C52H33N3OS/c1-4-13-34(14-5-1)36-23-25-38(26-24-36)52-53-49(51-50(54-52)43-19-10-11-22-47(43)57-51)39-29-32-42-46(33-39)56-45-21-12-20-44(48(42)45)55(40-17-8-3-9-18-40)41-30-27-37(28-31-41)35-15-6-2-7-16-35/h1-33H. The topological polar surface area (TPSA) is 42.2 Å². The maximum Gasteiger partial charge on any atom is 0.160 e. The van der Waals surface area contributed by atoms with Crippen molar-refractivity contribution in [3.63, 3.8) is 0 Å². The molecule has 3 aromatic heterocycles. The molecule has 8 aromatic carbocycles. The van der Waals surface area contributed by atoms with Crippen LogP contribution in [0.3, 0.4) is 0 Å². The first-order chi connectivity index (χ1) is 28.2. The van der Waals surface area contributed by atoms with Gasteiger partial charge in [-0.25, -0.2) is 9.97 Å². The Bertz CT molecular complexity index is 3210. The van der Waals surface area contributed by atoms with Crippen LogP contribution in [-0.2, 0) is 0 Å². The van der Waals surface area contributed by atoms with Gasteiger partial charge < -0.3 is 9.32 Å². The molecule has 0 amide bonds. The lowest BCUT2D eigenvalue weighted by Gasteiger charge is -2.26. The smallest absolute Gasteiger partial charge is 0.160 e. The monoisotopic (exact) mass is 747 g/mol. The molecule has 0 saturated carbocycles. The van der Waals surface area contributed by atoms with E-state index in [9.17, 15) is 0 Å². The molecule has 0 radical (unpaired) electrons. The maximum absolute atomic E-state index is 6.73. The number of fused-ring (bicyclic) bond motifs is 6. The second kappa shape index (κ2) is 13.7. The first-order valence-electron chi connectivity index (χ1n) is 19.1. The molecule has 0 aliphatic carbocycles. The van der Waals surface area contributed by atoms with E-state index in [1.165, 1.54) is 21.4 Å². The molecule has 0 saturated heterocycles. The Kier molecular flexibility index (Phi) is 7.97. The lowest BCUT2D eigenvalue weighted by molar-refractivity contribution is 0.669. The maximum atomic E-state index is 6.73. The molecule has 0 atom stereocenters. The van der Waals surface area contributed by atoms with Gasteiger partial charge in [0.05, 0.1) is 27.0 Å². The minimum atomic E-state index is 0.699. The highest BCUT2D eigenvalue weighted by atomic mass is 32.1. The van der Waals surface area contributed by atoms with Crippen LogP contribution in [0.1, 0.15) is 0 Å². The number of para-hydroxylation sites is 1. The first-order valence-corrected chi connectivity index (χ1v) is 19.9. The highest BCUT2D eigenvalue weighted by molar-refractivity contribution is 7.26. The number of hydrogen-bond donors (Lipinski definition) is 0. The van der Waals surface area contributed by atoms with Crippen molar-refractivity contribution in [2.75, 3.05) is 4.90 Å². The first kappa shape index (κ1) is 33.0. The summed E-state index contributed by atoms with van der Waals surface area (Å²) in [6, 6.07) is 70.2. The molecule has 11 aromatic rings. The van der Waals surface area contributed by atoms with E-state index in [4.69, 9.17) is 14.4 Å². The van der Waals surface area contributed by atoms with Gasteiger partial charge in [-0.1, -0.05) is 146 Å². The summed E-state index contributed by atoms with van der Waals surface area (Å²) >= 11 is 1.74. The summed E-state index contributed by atoms with van der Waals surface area (Å²) in [4.78, 5) is 12.8. The summed E-state index contributed by atoms with van der Waals surface area (Å²) in [7, 11) is 0. The molecule has 11 rings (SSSR count). The molecule has 0 bridgehead atoms. The molecule has 0 unspecified atom stereocenters. The summed E-state index contributed by atoms with van der Waals surface area (Å²) in [5.74, 6) is 0.699. The molecule has 0 aliphatic heterocycles. The van der Waals surface area contributed by atoms with E-state index in [0.29, 0.717) is 5.82 Å². The molecule has 0 aliphatic rings.